The quantitative estimate of drug-likeness (QED) is 0.469. The van der Waals surface area contributed by atoms with Gasteiger partial charge in [0.15, 0.2) is 0 Å². The Balaban J connectivity index is 2.20. The van der Waals surface area contributed by atoms with Gasteiger partial charge in [0.1, 0.15) is 5.76 Å². The highest BCUT2D eigenvalue weighted by Crippen LogP contribution is 2.30. The zero-order valence-electron chi connectivity index (χ0n) is 8.33. The highest BCUT2D eigenvalue weighted by atomic mass is 16.5. The summed E-state index contributed by atoms with van der Waals surface area (Å²) < 4.78 is 5.48. The van der Waals surface area contributed by atoms with E-state index >= 15 is 0 Å². The second kappa shape index (κ2) is 4.32. The average molecular weight is 189 g/mol. The molecular weight excluding hydrogens is 174 g/mol. The van der Waals surface area contributed by atoms with Gasteiger partial charge in [0.25, 0.3) is 0 Å². The summed E-state index contributed by atoms with van der Waals surface area (Å²) in [6.45, 7) is 0.789. The van der Waals surface area contributed by atoms with Gasteiger partial charge in [-0.05, 0) is 25.7 Å². The van der Waals surface area contributed by atoms with Crippen LogP contribution in [0.4, 0.5) is 0 Å². The molecule has 2 aliphatic rings. The molecule has 74 valence electrons. The SMILES string of the molecule is N#C/C(=C1/CCCO1)C1C=CCCC1. The fourth-order valence-electron chi connectivity index (χ4n) is 2.12. The maximum Gasteiger partial charge on any atom is 0.110 e. The number of ether oxygens (including phenoxy) is 1. The third kappa shape index (κ3) is 1.82. The van der Waals surface area contributed by atoms with Gasteiger partial charge in [-0.25, -0.2) is 0 Å². The predicted octanol–water partition coefficient (Wildman–Crippen LogP) is 2.93. The van der Waals surface area contributed by atoms with Crippen molar-refractivity contribution in [2.24, 2.45) is 5.92 Å². The Morgan fingerprint density at radius 2 is 2.43 bits per heavy atom. The molecule has 2 rings (SSSR count). The van der Waals surface area contributed by atoms with Crippen LogP contribution in [-0.4, -0.2) is 6.61 Å². The van der Waals surface area contributed by atoms with Crippen molar-refractivity contribution in [3.05, 3.63) is 23.5 Å². The number of hydrogen-bond donors (Lipinski definition) is 0. The van der Waals surface area contributed by atoms with Crippen molar-refractivity contribution >= 4 is 0 Å². The molecule has 2 nitrogen and oxygen atoms in total. The first-order valence-electron chi connectivity index (χ1n) is 5.34. The van der Waals surface area contributed by atoms with Crippen LogP contribution in [0.5, 0.6) is 0 Å². The van der Waals surface area contributed by atoms with Crippen LogP contribution in [0.15, 0.2) is 23.5 Å². The van der Waals surface area contributed by atoms with E-state index in [1.165, 1.54) is 6.42 Å². The van der Waals surface area contributed by atoms with Gasteiger partial charge >= 0.3 is 0 Å². The first-order chi connectivity index (χ1) is 6.92. The molecule has 0 aromatic rings. The Labute approximate surface area is 84.9 Å². The van der Waals surface area contributed by atoms with E-state index in [0.717, 1.165) is 43.6 Å². The Morgan fingerprint density at radius 1 is 1.50 bits per heavy atom. The van der Waals surface area contributed by atoms with E-state index in [0.29, 0.717) is 5.92 Å². The summed E-state index contributed by atoms with van der Waals surface area (Å²) in [5.41, 5.74) is 0.874. The molecule has 0 spiro atoms. The number of hydrogen-bond acceptors (Lipinski definition) is 2. The summed E-state index contributed by atoms with van der Waals surface area (Å²) in [4.78, 5) is 0. The van der Waals surface area contributed by atoms with Crippen LogP contribution < -0.4 is 0 Å². The van der Waals surface area contributed by atoms with E-state index in [2.05, 4.69) is 18.2 Å². The number of rotatable bonds is 1. The van der Waals surface area contributed by atoms with Gasteiger partial charge in [-0.15, -0.1) is 0 Å². The second-order valence-corrected chi connectivity index (χ2v) is 3.87. The molecule has 2 heteroatoms. The smallest absolute Gasteiger partial charge is 0.110 e. The molecular formula is C12H15NO. The Bertz CT molecular complexity index is 301. The Morgan fingerprint density at radius 3 is 3.00 bits per heavy atom. The fourth-order valence-corrected chi connectivity index (χ4v) is 2.12. The second-order valence-electron chi connectivity index (χ2n) is 3.87. The van der Waals surface area contributed by atoms with E-state index in [4.69, 9.17) is 10.00 Å². The lowest BCUT2D eigenvalue weighted by atomic mass is 9.88. The third-order valence-corrected chi connectivity index (χ3v) is 2.87. The maximum atomic E-state index is 9.12. The van der Waals surface area contributed by atoms with Crippen LogP contribution in [0.2, 0.25) is 0 Å². The Kier molecular flexibility index (Phi) is 2.88. The molecule has 0 amide bonds. The van der Waals surface area contributed by atoms with Gasteiger partial charge < -0.3 is 4.74 Å². The maximum absolute atomic E-state index is 9.12. The van der Waals surface area contributed by atoms with Crippen LogP contribution in [0.3, 0.4) is 0 Å². The molecule has 1 unspecified atom stereocenters. The fraction of sp³-hybridized carbons (Fsp3) is 0.583. The lowest BCUT2D eigenvalue weighted by Gasteiger charge is -2.16. The van der Waals surface area contributed by atoms with Gasteiger partial charge in [0.2, 0.25) is 0 Å². The molecule has 0 bridgehead atoms. The van der Waals surface area contributed by atoms with Gasteiger partial charge in [-0.3, -0.25) is 0 Å². The van der Waals surface area contributed by atoms with Crippen LogP contribution in [0, 0.1) is 17.2 Å². The molecule has 0 saturated carbocycles. The van der Waals surface area contributed by atoms with Crippen LogP contribution in [0.25, 0.3) is 0 Å². The largest absolute Gasteiger partial charge is 0.497 e. The van der Waals surface area contributed by atoms with Gasteiger partial charge in [0, 0.05) is 12.3 Å². The first-order valence-corrected chi connectivity index (χ1v) is 5.34. The minimum Gasteiger partial charge on any atom is -0.497 e. The molecule has 1 fully saturated rings. The van der Waals surface area contributed by atoms with Crippen molar-refractivity contribution in [1.29, 1.82) is 5.26 Å². The first kappa shape index (κ1) is 9.33. The number of allylic oxidation sites excluding steroid dienone is 4. The molecule has 14 heavy (non-hydrogen) atoms. The summed E-state index contributed by atoms with van der Waals surface area (Å²) in [5, 5.41) is 9.12. The van der Waals surface area contributed by atoms with Gasteiger partial charge in [-0.2, -0.15) is 5.26 Å². The van der Waals surface area contributed by atoms with Crippen molar-refractivity contribution in [1.82, 2.24) is 0 Å². The van der Waals surface area contributed by atoms with Crippen molar-refractivity contribution in [2.45, 2.75) is 32.1 Å². The number of nitriles is 1. The van der Waals surface area contributed by atoms with E-state index in [-0.39, 0.29) is 0 Å². The van der Waals surface area contributed by atoms with E-state index in [1.807, 2.05) is 0 Å². The molecule has 1 heterocycles. The summed E-state index contributed by atoms with van der Waals surface area (Å²) in [5.74, 6) is 1.27. The molecule has 0 radical (unpaired) electrons. The average Bonchev–Trinajstić information content (AvgIpc) is 2.74. The van der Waals surface area contributed by atoms with Crippen molar-refractivity contribution in [3.63, 3.8) is 0 Å². The summed E-state index contributed by atoms with van der Waals surface area (Å²) >= 11 is 0. The zero-order chi connectivity index (χ0) is 9.80. The van der Waals surface area contributed by atoms with Crippen LogP contribution in [0.1, 0.15) is 32.1 Å². The highest BCUT2D eigenvalue weighted by Gasteiger charge is 2.21. The van der Waals surface area contributed by atoms with Crippen LogP contribution >= 0.6 is 0 Å². The third-order valence-electron chi connectivity index (χ3n) is 2.87. The molecule has 1 saturated heterocycles. The zero-order valence-corrected chi connectivity index (χ0v) is 8.33. The molecule has 1 aliphatic heterocycles. The lowest BCUT2D eigenvalue weighted by molar-refractivity contribution is 0.258. The minimum atomic E-state index is 0.321. The van der Waals surface area contributed by atoms with Crippen LogP contribution in [-0.2, 0) is 4.74 Å². The van der Waals surface area contributed by atoms with E-state index < -0.39 is 0 Å². The van der Waals surface area contributed by atoms with Gasteiger partial charge in [-0.1, -0.05) is 12.2 Å². The van der Waals surface area contributed by atoms with E-state index in [9.17, 15) is 0 Å². The molecule has 1 atom stereocenters. The predicted molar refractivity (Wildman–Crippen MR) is 54.3 cm³/mol. The Hall–Kier alpha value is -1.23. The normalized spacial score (nSPS) is 29.5. The summed E-state index contributed by atoms with van der Waals surface area (Å²) in [7, 11) is 0. The monoisotopic (exact) mass is 189 g/mol. The standard InChI is InChI=1S/C12H15NO/c13-9-11(12-7-4-8-14-12)10-5-2-1-3-6-10/h2,5,10H,1,3-4,6-8H2/b12-11+. The van der Waals surface area contributed by atoms with Gasteiger partial charge in [0.05, 0.1) is 18.2 Å². The lowest BCUT2D eigenvalue weighted by Crippen LogP contribution is -2.06. The van der Waals surface area contributed by atoms with Crippen molar-refractivity contribution < 1.29 is 4.74 Å². The summed E-state index contributed by atoms with van der Waals surface area (Å²) in [6.07, 6.45) is 9.82. The molecule has 0 aromatic heterocycles. The molecule has 0 N–H and O–H groups in total. The number of nitrogens with zero attached hydrogens (tertiary/aromatic N) is 1. The summed E-state index contributed by atoms with van der Waals surface area (Å²) in [6, 6.07) is 2.32. The highest BCUT2D eigenvalue weighted by molar-refractivity contribution is 5.32. The minimum absolute atomic E-state index is 0.321. The van der Waals surface area contributed by atoms with Crippen molar-refractivity contribution in [2.75, 3.05) is 6.61 Å². The van der Waals surface area contributed by atoms with Crippen molar-refractivity contribution in [3.8, 4) is 6.07 Å². The topological polar surface area (TPSA) is 33.0 Å². The van der Waals surface area contributed by atoms with E-state index in [1.54, 1.807) is 0 Å². The molecule has 1 aliphatic carbocycles. The molecule has 0 aromatic carbocycles.